The lowest BCUT2D eigenvalue weighted by molar-refractivity contribution is -0.133. The number of hydrogen-bond donors (Lipinski definition) is 4. The van der Waals surface area contributed by atoms with Gasteiger partial charge in [0.1, 0.15) is 0 Å². The second kappa shape index (κ2) is 19.6. The number of carbonyl (C=O) groups is 6. The Morgan fingerprint density at radius 3 is 1.07 bits per heavy atom. The minimum atomic E-state index is -0.684. The summed E-state index contributed by atoms with van der Waals surface area (Å²) in [4.78, 5) is 87.4. The van der Waals surface area contributed by atoms with Crippen molar-refractivity contribution in [1.82, 2.24) is 31.1 Å². The van der Waals surface area contributed by atoms with Crippen LogP contribution in [0.2, 0.25) is 0 Å². The summed E-state index contributed by atoms with van der Waals surface area (Å²) in [6.45, 7) is 0.613. The molecule has 12 nitrogen and oxygen atoms in total. The second-order valence-corrected chi connectivity index (χ2v) is 21.2. The number of rotatable bonds is 17. The van der Waals surface area contributed by atoms with E-state index < -0.39 is 23.7 Å². The van der Waals surface area contributed by atoms with E-state index in [9.17, 15) is 28.8 Å². The van der Waals surface area contributed by atoms with Crippen LogP contribution in [0.25, 0.3) is 0 Å². The largest absolute Gasteiger partial charge is 0.352 e. The van der Waals surface area contributed by atoms with Gasteiger partial charge in [0, 0.05) is 67.6 Å². The van der Waals surface area contributed by atoms with Gasteiger partial charge in [-0.05, 0) is 71.9 Å². The van der Waals surface area contributed by atoms with Gasteiger partial charge in [0.2, 0.25) is 35.4 Å². The quantitative estimate of drug-likeness (QED) is 0.0920. The van der Waals surface area contributed by atoms with Crippen LogP contribution in [0.4, 0.5) is 0 Å². The number of nitrogens with one attached hydrogen (secondary N) is 4. The van der Waals surface area contributed by atoms with E-state index in [0.29, 0.717) is 6.42 Å². The van der Waals surface area contributed by atoms with Crippen LogP contribution in [0.15, 0.2) is 146 Å². The van der Waals surface area contributed by atoms with E-state index in [1.807, 2.05) is 97.1 Å². The maximum atomic E-state index is 14.2. The minimum Gasteiger partial charge on any atom is -0.352 e. The van der Waals surface area contributed by atoms with Gasteiger partial charge in [0.05, 0.1) is 36.5 Å². The molecular weight excluding hydrogens is 889 g/mol. The highest BCUT2D eigenvalue weighted by molar-refractivity contribution is 5.93. The van der Waals surface area contributed by atoms with Gasteiger partial charge in [-0.2, -0.15) is 0 Å². The Balaban J connectivity index is 0.718. The molecule has 5 aromatic rings. The first kappa shape index (κ1) is 46.3. The molecule has 6 fully saturated rings. The summed E-state index contributed by atoms with van der Waals surface area (Å²) in [5.41, 5.74) is 5.84. The van der Waals surface area contributed by atoms with Crippen LogP contribution in [-0.4, -0.2) is 95.1 Å². The summed E-state index contributed by atoms with van der Waals surface area (Å²) in [5, 5.41) is 13.0. The molecule has 0 radical (unpaired) electrons. The molecule has 0 bridgehead atoms. The summed E-state index contributed by atoms with van der Waals surface area (Å²) >= 11 is 0. The predicted molar refractivity (Wildman–Crippen MR) is 268 cm³/mol. The highest BCUT2D eigenvalue weighted by Gasteiger charge is 2.52. The second-order valence-electron chi connectivity index (χ2n) is 21.2. The van der Waals surface area contributed by atoms with Gasteiger partial charge < -0.3 is 31.1 Å². The molecule has 6 aliphatic rings. The van der Waals surface area contributed by atoms with Crippen molar-refractivity contribution in [2.24, 2.45) is 23.7 Å². The average molecular weight is 951 g/mol. The van der Waals surface area contributed by atoms with Crippen molar-refractivity contribution in [3.05, 3.63) is 179 Å². The van der Waals surface area contributed by atoms with Crippen molar-refractivity contribution in [1.29, 1.82) is 0 Å². The lowest BCUT2D eigenvalue weighted by atomic mass is 9.93. The molecule has 2 aliphatic heterocycles. The molecular formula is C59H62N6O6. The Labute approximate surface area is 415 Å². The van der Waals surface area contributed by atoms with Gasteiger partial charge in [-0.25, -0.2) is 0 Å². The Morgan fingerprint density at radius 1 is 0.408 bits per heavy atom. The maximum absolute atomic E-state index is 14.2. The lowest BCUT2D eigenvalue weighted by Gasteiger charge is -2.23. The highest BCUT2D eigenvalue weighted by Crippen LogP contribution is 2.44. The SMILES string of the molecule is O=C(N[C@H]1C[C@@H]1c1ccccc1)[C@@H]1CN(C(=O)Cc2ccc(CC(=O)N3C[C@@H](C(=O)N[C@H]4C[C@@H]4c4ccccc4)[C@H](C(=O)NC4(Cc5ccccc5)CC4)C3)cc2)C[C@H]1C(=O)N[C@H]1C[C@@H]1c1ccccc1. The fourth-order valence-corrected chi connectivity index (χ4v) is 11.4. The lowest BCUT2D eigenvalue weighted by Crippen LogP contribution is -2.47. The molecule has 10 atom stereocenters. The molecule has 2 heterocycles. The third-order valence-corrected chi connectivity index (χ3v) is 16.1. The molecule has 4 aliphatic carbocycles. The van der Waals surface area contributed by atoms with Crippen LogP contribution >= 0.6 is 0 Å². The molecule has 71 heavy (non-hydrogen) atoms. The summed E-state index contributed by atoms with van der Waals surface area (Å²) < 4.78 is 0. The van der Waals surface area contributed by atoms with Gasteiger partial charge in [0.25, 0.3) is 0 Å². The number of benzene rings is 5. The smallest absolute Gasteiger partial charge is 0.227 e. The Hall–Kier alpha value is -7.08. The summed E-state index contributed by atoms with van der Waals surface area (Å²) in [7, 11) is 0. The first-order chi connectivity index (χ1) is 34.6. The van der Waals surface area contributed by atoms with Crippen LogP contribution in [0.1, 0.15) is 83.2 Å². The summed E-state index contributed by atoms with van der Waals surface area (Å²) in [6, 6.07) is 47.8. The minimum absolute atomic E-state index is 0.00684. The highest BCUT2D eigenvalue weighted by atomic mass is 16.2. The van der Waals surface area contributed by atoms with Crippen LogP contribution in [0, 0.1) is 23.7 Å². The zero-order chi connectivity index (χ0) is 48.6. The predicted octanol–water partition coefficient (Wildman–Crippen LogP) is 5.83. The molecule has 5 aromatic carbocycles. The van der Waals surface area contributed by atoms with E-state index in [0.717, 1.165) is 48.8 Å². The van der Waals surface area contributed by atoms with Gasteiger partial charge in [-0.15, -0.1) is 0 Å². The van der Waals surface area contributed by atoms with E-state index in [1.54, 1.807) is 9.80 Å². The standard InChI is InChI=1S/C59H62N6O6/c66-53(64-33-46(55(68)60-50-29-43(50)40-15-7-2-8-16-40)47(34-64)56(69)61-51-30-44(51)41-17-9-3-10-18-41)27-37-21-23-38(24-22-37)28-54(67)65-35-48(57(70)62-52-31-45(52)42-19-11-4-12-20-42)49(36-65)58(71)63-59(25-26-59)32-39-13-5-1-6-14-39/h1-24,43-52H,25-36H2,(H,60,68)(H,61,69)(H,62,70)(H,63,71)/t43-,44-,45-,46-,47-,48-,49-,50+,51+,52+/m1/s1. The van der Waals surface area contributed by atoms with Gasteiger partial charge >= 0.3 is 0 Å². The first-order valence-electron chi connectivity index (χ1n) is 25.6. The van der Waals surface area contributed by atoms with E-state index in [-0.39, 0.29) is 116 Å². The third kappa shape index (κ3) is 10.7. The molecule has 0 aromatic heterocycles. The van der Waals surface area contributed by atoms with Crippen LogP contribution in [0.3, 0.4) is 0 Å². The van der Waals surface area contributed by atoms with Gasteiger partial charge in [-0.1, -0.05) is 146 Å². The van der Waals surface area contributed by atoms with E-state index in [4.69, 9.17) is 0 Å². The van der Waals surface area contributed by atoms with Crippen molar-refractivity contribution >= 4 is 35.4 Å². The fourth-order valence-electron chi connectivity index (χ4n) is 11.4. The normalized spacial score (nSPS) is 27.5. The van der Waals surface area contributed by atoms with Gasteiger partial charge in [0.15, 0.2) is 0 Å². The van der Waals surface area contributed by atoms with Crippen molar-refractivity contribution in [2.75, 3.05) is 26.2 Å². The van der Waals surface area contributed by atoms with E-state index in [2.05, 4.69) is 69.8 Å². The topological polar surface area (TPSA) is 157 Å². The van der Waals surface area contributed by atoms with Gasteiger partial charge in [-0.3, -0.25) is 28.8 Å². The molecule has 364 valence electrons. The van der Waals surface area contributed by atoms with Crippen LogP contribution in [0.5, 0.6) is 0 Å². The third-order valence-electron chi connectivity index (χ3n) is 16.1. The summed E-state index contributed by atoms with van der Waals surface area (Å²) in [6.07, 6.45) is 5.11. The van der Waals surface area contributed by atoms with Crippen molar-refractivity contribution in [3.8, 4) is 0 Å². The number of carbonyl (C=O) groups excluding carboxylic acids is 6. The number of amides is 6. The first-order valence-corrected chi connectivity index (χ1v) is 25.6. The monoisotopic (exact) mass is 950 g/mol. The van der Waals surface area contributed by atoms with E-state index >= 15 is 0 Å². The van der Waals surface area contributed by atoms with Crippen molar-refractivity contribution < 1.29 is 28.8 Å². The van der Waals surface area contributed by atoms with Crippen LogP contribution < -0.4 is 21.3 Å². The molecule has 6 amide bonds. The molecule has 2 saturated heterocycles. The maximum Gasteiger partial charge on any atom is 0.227 e. The zero-order valence-electron chi connectivity index (χ0n) is 40.0. The van der Waals surface area contributed by atoms with Crippen molar-refractivity contribution in [2.45, 2.75) is 92.8 Å². The molecule has 4 saturated carbocycles. The Bertz CT molecular complexity index is 2700. The van der Waals surface area contributed by atoms with Crippen molar-refractivity contribution in [3.63, 3.8) is 0 Å². The van der Waals surface area contributed by atoms with E-state index in [1.165, 1.54) is 16.7 Å². The number of hydrogen-bond acceptors (Lipinski definition) is 6. The molecule has 11 rings (SSSR count). The average Bonchev–Trinajstić information content (AvgIpc) is 4.34. The molecule has 12 heteroatoms. The molecule has 0 unspecified atom stereocenters. The molecule has 0 spiro atoms. The number of nitrogens with zero attached hydrogens (tertiary/aromatic N) is 2. The number of likely N-dealkylation sites (tertiary alicyclic amines) is 2. The summed E-state index contributed by atoms with van der Waals surface area (Å²) in [5.74, 6) is -3.14. The fraction of sp³-hybridized carbons (Fsp3) is 0.390. The van der Waals surface area contributed by atoms with Crippen LogP contribution in [-0.2, 0) is 48.0 Å². The zero-order valence-corrected chi connectivity index (χ0v) is 40.0. The molecule has 4 N–H and O–H groups in total. The Morgan fingerprint density at radius 2 is 0.732 bits per heavy atom. The Kier molecular flexibility index (Phi) is 12.8.